The van der Waals surface area contributed by atoms with Crippen LogP contribution in [0.25, 0.3) is 17.2 Å². The van der Waals surface area contributed by atoms with E-state index in [0.717, 1.165) is 16.7 Å². The van der Waals surface area contributed by atoms with Crippen molar-refractivity contribution in [2.75, 3.05) is 25.0 Å². The van der Waals surface area contributed by atoms with Crippen LogP contribution in [0.5, 0.6) is 0 Å². The van der Waals surface area contributed by atoms with Crippen molar-refractivity contribution in [3.05, 3.63) is 95.6 Å². The van der Waals surface area contributed by atoms with Crippen LogP contribution in [0.1, 0.15) is 22.6 Å². The van der Waals surface area contributed by atoms with Crippen molar-refractivity contribution in [2.24, 2.45) is 5.92 Å². The van der Waals surface area contributed by atoms with Crippen LogP contribution in [0.3, 0.4) is 0 Å². The summed E-state index contributed by atoms with van der Waals surface area (Å²) >= 11 is 0. The highest BCUT2D eigenvalue weighted by Crippen LogP contribution is 2.44. The number of benzene rings is 3. The summed E-state index contributed by atoms with van der Waals surface area (Å²) in [5, 5.41) is 11.7. The van der Waals surface area contributed by atoms with Gasteiger partial charge in [0.05, 0.1) is 5.92 Å². The topological polar surface area (TPSA) is 95.9 Å². The summed E-state index contributed by atoms with van der Waals surface area (Å²) < 4.78 is 5.59. The molecule has 1 heterocycles. The monoisotopic (exact) mass is 468 g/mol. The quantitative estimate of drug-likeness (QED) is 0.516. The number of nitrogens with one attached hydrogen (secondary N) is 1. The molecule has 3 aromatic rings. The lowest BCUT2D eigenvalue weighted by atomic mass is 9.98. The highest BCUT2D eigenvalue weighted by Gasteiger charge is 2.34. The van der Waals surface area contributed by atoms with Gasteiger partial charge in [-0.2, -0.15) is 0 Å². The number of carbonyl (C=O) groups is 3. The van der Waals surface area contributed by atoms with Gasteiger partial charge in [0.2, 0.25) is 5.91 Å². The zero-order valence-electron chi connectivity index (χ0n) is 18.9. The van der Waals surface area contributed by atoms with Crippen LogP contribution in [-0.4, -0.2) is 47.7 Å². The Hall–Kier alpha value is -4.39. The number of ether oxygens (including phenoxy) is 1. The van der Waals surface area contributed by atoms with Crippen molar-refractivity contribution in [1.82, 2.24) is 4.90 Å². The number of rotatable bonds is 6. The minimum atomic E-state index is -0.884. The Labute approximate surface area is 202 Å². The highest BCUT2D eigenvalue weighted by molar-refractivity contribution is 5.93. The predicted molar refractivity (Wildman–Crippen MR) is 132 cm³/mol. The molecule has 7 nitrogen and oxygen atoms in total. The summed E-state index contributed by atoms with van der Waals surface area (Å²) in [6.45, 7) is 0.672. The van der Waals surface area contributed by atoms with Gasteiger partial charge in [-0.15, -0.1) is 0 Å². The molecule has 2 aliphatic rings. The van der Waals surface area contributed by atoms with Crippen LogP contribution in [0.2, 0.25) is 0 Å². The third-order valence-electron chi connectivity index (χ3n) is 6.44. The minimum absolute atomic E-state index is 0.0179. The fraction of sp³-hybridized carbons (Fsp3) is 0.179. The molecule has 0 spiro atoms. The second-order valence-electron chi connectivity index (χ2n) is 8.69. The van der Waals surface area contributed by atoms with Crippen molar-refractivity contribution >= 4 is 29.7 Å². The molecule has 7 heteroatoms. The Balaban J connectivity index is 1.18. The maximum absolute atomic E-state index is 12.5. The first-order valence-corrected chi connectivity index (χ1v) is 11.4. The number of aliphatic carboxylic acids is 1. The van der Waals surface area contributed by atoms with Gasteiger partial charge in [0.25, 0.3) is 0 Å². The highest BCUT2D eigenvalue weighted by atomic mass is 16.5. The summed E-state index contributed by atoms with van der Waals surface area (Å²) in [5.41, 5.74) is 5.91. The van der Waals surface area contributed by atoms with E-state index in [1.807, 2.05) is 30.3 Å². The van der Waals surface area contributed by atoms with E-state index >= 15 is 0 Å². The number of fused-ring (bicyclic) bond motifs is 3. The smallest absolute Gasteiger partial charge is 0.411 e. The molecular weight excluding hydrogens is 444 g/mol. The number of nitrogens with zero attached hydrogens (tertiary/aromatic N) is 1. The molecule has 1 saturated heterocycles. The molecule has 0 bridgehead atoms. The lowest BCUT2D eigenvalue weighted by Gasteiger charge is -2.35. The molecule has 3 aromatic carbocycles. The Morgan fingerprint density at radius 2 is 1.60 bits per heavy atom. The number of hydrogen-bond donors (Lipinski definition) is 2. The molecule has 176 valence electrons. The summed E-state index contributed by atoms with van der Waals surface area (Å²) in [6, 6.07) is 23.4. The van der Waals surface area contributed by atoms with Gasteiger partial charge in [0.15, 0.2) is 0 Å². The molecule has 0 atom stereocenters. The van der Waals surface area contributed by atoms with E-state index in [9.17, 15) is 14.4 Å². The molecule has 0 aromatic heterocycles. The zero-order valence-corrected chi connectivity index (χ0v) is 18.9. The maximum atomic E-state index is 12.5. The van der Waals surface area contributed by atoms with Gasteiger partial charge in [-0.05, 0) is 46.0 Å². The Morgan fingerprint density at radius 1 is 0.943 bits per heavy atom. The molecule has 1 aliphatic heterocycles. The normalized spacial score (nSPS) is 14.8. The summed E-state index contributed by atoms with van der Waals surface area (Å²) in [5.74, 6) is -1.63. The van der Waals surface area contributed by atoms with Crippen molar-refractivity contribution in [3.8, 4) is 11.1 Å². The Bertz CT molecular complexity index is 1280. The molecule has 1 fully saturated rings. The van der Waals surface area contributed by atoms with Crippen LogP contribution in [-0.2, 0) is 14.3 Å². The van der Waals surface area contributed by atoms with Gasteiger partial charge in [-0.25, -0.2) is 4.79 Å². The van der Waals surface area contributed by atoms with Gasteiger partial charge < -0.3 is 14.7 Å². The van der Waals surface area contributed by atoms with Gasteiger partial charge in [-0.1, -0.05) is 60.7 Å². The third-order valence-corrected chi connectivity index (χ3v) is 6.44. The molecule has 1 aliphatic carbocycles. The molecule has 2 amide bonds. The predicted octanol–water partition coefficient (Wildman–Crippen LogP) is 4.60. The lowest BCUT2D eigenvalue weighted by molar-refractivity contribution is -0.151. The minimum Gasteiger partial charge on any atom is -0.481 e. The van der Waals surface area contributed by atoms with Crippen LogP contribution in [0, 0.1) is 5.92 Å². The van der Waals surface area contributed by atoms with E-state index in [-0.39, 0.29) is 31.5 Å². The number of carbonyl (C=O) groups excluding carboxylic acids is 2. The van der Waals surface area contributed by atoms with Gasteiger partial charge in [0, 0.05) is 30.8 Å². The first kappa shape index (κ1) is 22.4. The summed E-state index contributed by atoms with van der Waals surface area (Å²) in [4.78, 5) is 37.1. The fourth-order valence-electron chi connectivity index (χ4n) is 4.56. The average Bonchev–Trinajstić information content (AvgIpc) is 3.14. The van der Waals surface area contributed by atoms with Crippen molar-refractivity contribution in [3.63, 3.8) is 0 Å². The summed E-state index contributed by atoms with van der Waals surface area (Å²) in [6.07, 6.45) is 2.49. The van der Waals surface area contributed by atoms with E-state index in [0.29, 0.717) is 5.69 Å². The number of anilines is 1. The third kappa shape index (κ3) is 4.66. The molecule has 0 radical (unpaired) electrons. The largest absolute Gasteiger partial charge is 0.481 e. The second-order valence-corrected chi connectivity index (χ2v) is 8.69. The van der Waals surface area contributed by atoms with E-state index < -0.39 is 18.0 Å². The van der Waals surface area contributed by atoms with Gasteiger partial charge >= 0.3 is 12.1 Å². The van der Waals surface area contributed by atoms with E-state index in [1.54, 1.807) is 24.3 Å². The number of carboxylic acid groups (broad SMARTS) is 1. The average molecular weight is 469 g/mol. The number of carboxylic acids is 1. The molecular formula is C28H24N2O5. The Kier molecular flexibility index (Phi) is 6.06. The van der Waals surface area contributed by atoms with E-state index in [2.05, 4.69) is 29.6 Å². The number of likely N-dealkylation sites (tertiary alicyclic amines) is 1. The standard InChI is InChI=1S/C28H24N2O5/c31-26(30-15-19(16-30)27(32)33)13-12-18-6-5-7-20(14-18)29-28(34)35-17-25-23-10-3-1-8-21(23)22-9-2-4-11-24(22)25/h1-14,19,25H,15-17H2,(H,29,34)(H,32,33)/b13-12+. The molecule has 0 saturated carbocycles. The fourth-order valence-corrected chi connectivity index (χ4v) is 4.56. The van der Waals surface area contributed by atoms with Gasteiger partial charge in [0.1, 0.15) is 6.61 Å². The van der Waals surface area contributed by atoms with Crippen LogP contribution in [0.15, 0.2) is 78.9 Å². The van der Waals surface area contributed by atoms with Crippen molar-refractivity contribution in [2.45, 2.75) is 5.92 Å². The van der Waals surface area contributed by atoms with Gasteiger partial charge in [-0.3, -0.25) is 14.9 Å². The second kappa shape index (κ2) is 9.46. The first-order chi connectivity index (χ1) is 17.0. The van der Waals surface area contributed by atoms with Crippen LogP contribution >= 0.6 is 0 Å². The van der Waals surface area contributed by atoms with Crippen molar-refractivity contribution < 1.29 is 24.2 Å². The lowest BCUT2D eigenvalue weighted by Crippen LogP contribution is -2.52. The SMILES string of the molecule is O=C(Nc1cccc(/C=C/C(=O)N2CC(C(=O)O)C2)c1)OCC1c2ccccc2-c2ccccc21. The first-order valence-electron chi connectivity index (χ1n) is 11.4. The van der Waals surface area contributed by atoms with Crippen molar-refractivity contribution in [1.29, 1.82) is 0 Å². The van der Waals surface area contributed by atoms with E-state index in [4.69, 9.17) is 9.84 Å². The molecule has 0 unspecified atom stereocenters. The molecule has 2 N–H and O–H groups in total. The van der Waals surface area contributed by atoms with E-state index in [1.165, 1.54) is 22.1 Å². The number of hydrogen-bond acceptors (Lipinski definition) is 4. The molecule has 35 heavy (non-hydrogen) atoms. The Morgan fingerprint density at radius 3 is 2.26 bits per heavy atom. The van der Waals surface area contributed by atoms with Crippen LogP contribution < -0.4 is 5.32 Å². The maximum Gasteiger partial charge on any atom is 0.411 e. The molecule has 5 rings (SSSR count). The summed E-state index contributed by atoms with van der Waals surface area (Å²) in [7, 11) is 0. The zero-order chi connectivity index (χ0) is 24.4. The van der Waals surface area contributed by atoms with Crippen LogP contribution in [0.4, 0.5) is 10.5 Å². The number of amides is 2.